The first-order valence-electron chi connectivity index (χ1n) is 5.92. The van der Waals surface area contributed by atoms with Gasteiger partial charge in [0.25, 0.3) is 0 Å². The maximum absolute atomic E-state index is 13.3. The maximum Gasteiger partial charge on any atom is 0.123 e. The fourth-order valence-corrected chi connectivity index (χ4v) is 2.66. The molecule has 0 radical (unpaired) electrons. The molecule has 2 rings (SSSR count). The Balaban J connectivity index is 2.24. The van der Waals surface area contributed by atoms with E-state index >= 15 is 0 Å². The summed E-state index contributed by atoms with van der Waals surface area (Å²) in [6.45, 7) is 1.53. The quantitative estimate of drug-likeness (QED) is 0.898. The van der Waals surface area contributed by atoms with E-state index in [2.05, 4.69) is 5.32 Å². The Morgan fingerprint density at radius 3 is 3.00 bits per heavy atom. The highest BCUT2D eigenvalue weighted by Gasteiger charge is 2.26. The van der Waals surface area contributed by atoms with Crippen LogP contribution in [0.25, 0.3) is 0 Å². The Kier molecular flexibility index (Phi) is 4.37. The van der Waals surface area contributed by atoms with Crippen molar-refractivity contribution < 1.29 is 9.13 Å². The summed E-state index contributed by atoms with van der Waals surface area (Å²) in [7, 11) is 1.88. The first-order chi connectivity index (χ1) is 8.22. The molecule has 1 N–H and O–H groups in total. The summed E-state index contributed by atoms with van der Waals surface area (Å²) >= 11 is 6.14. The van der Waals surface area contributed by atoms with Crippen molar-refractivity contribution in [3.8, 4) is 0 Å². The van der Waals surface area contributed by atoms with Crippen LogP contribution in [0, 0.1) is 11.7 Å². The van der Waals surface area contributed by atoms with E-state index in [0.29, 0.717) is 17.5 Å². The molecule has 2 nitrogen and oxygen atoms in total. The molecular formula is C13H17ClFNO. The van der Waals surface area contributed by atoms with Crippen molar-refractivity contribution in [2.75, 3.05) is 20.3 Å². The van der Waals surface area contributed by atoms with Crippen molar-refractivity contribution in [1.82, 2.24) is 5.32 Å². The summed E-state index contributed by atoms with van der Waals surface area (Å²) in [5, 5.41) is 3.83. The van der Waals surface area contributed by atoms with Gasteiger partial charge >= 0.3 is 0 Å². The predicted molar refractivity (Wildman–Crippen MR) is 66.8 cm³/mol. The molecule has 1 aromatic rings. The molecule has 1 aliphatic rings. The third kappa shape index (κ3) is 2.97. The van der Waals surface area contributed by atoms with Gasteiger partial charge in [-0.15, -0.1) is 0 Å². The lowest BCUT2D eigenvalue weighted by atomic mass is 9.89. The molecule has 0 aromatic heterocycles. The number of benzene rings is 1. The topological polar surface area (TPSA) is 21.3 Å². The van der Waals surface area contributed by atoms with Crippen molar-refractivity contribution in [3.63, 3.8) is 0 Å². The van der Waals surface area contributed by atoms with Crippen molar-refractivity contribution in [2.24, 2.45) is 5.92 Å². The minimum absolute atomic E-state index is 0.0542. The first kappa shape index (κ1) is 12.8. The summed E-state index contributed by atoms with van der Waals surface area (Å²) in [4.78, 5) is 0. The van der Waals surface area contributed by atoms with Gasteiger partial charge in [0.05, 0.1) is 6.61 Å². The van der Waals surface area contributed by atoms with Crippen LogP contribution in [0.1, 0.15) is 24.4 Å². The predicted octanol–water partition coefficient (Wildman–Crippen LogP) is 3.17. The van der Waals surface area contributed by atoms with E-state index in [0.717, 1.165) is 25.0 Å². The Labute approximate surface area is 106 Å². The molecule has 1 heterocycles. The van der Waals surface area contributed by atoms with E-state index < -0.39 is 0 Å². The molecule has 1 fully saturated rings. The van der Waals surface area contributed by atoms with Crippen LogP contribution < -0.4 is 5.32 Å². The standard InChI is InChI=1S/C13H17ClFNO/c1-16-13(9-3-2-6-17-8-9)11-7-10(15)4-5-12(11)14/h4-5,7,9,13,16H,2-3,6,8H2,1H3. The molecule has 2 atom stereocenters. The Morgan fingerprint density at radius 1 is 1.53 bits per heavy atom. The van der Waals surface area contributed by atoms with Crippen LogP contribution in [0.2, 0.25) is 5.02 Å². The summed E-state index contributed by atoms with van der Waals surface area (Å²) in [6.07, 6.45) is 2.13. The highest BCUT2D eigenvalue weighted by molar-refractivity contribution is 6.31. The average molecular weight is 258 g/mol. The molecule has 0 aliphatic carbocycles. The van der Waals surface area contributed by atoms with Gasteiger partial charge in [0, 0.05) is 23.6 Å². The number of hydrogen-bond acceptors (Lipinski definition) is 2. The first-order valence-corrected chi connectivity index (χ1v) is 6.30. The maximum atomic E-state index is 13.3. The number of nitrogens with one attached hydrogen (secondary N) is 1. The summed E-state index contributed by atoms with van der Waals surface area (Å²) in [6, 6.07) is 4.56. The van der Waals surface area contributed by atoms with Gasteiger partial charge in [-0.3, -0.25) is 0 Å². The molecule has 2 unspecified atom stereocenters. The van der Waals surface area contributed by atoms with Crippen LogP contribution >= 0.6 is 11.6 Å². The number of halogens is 2. The third-order valence-electron chi connectivity index (χ3n) is 3.27. The van der Waals surface area contributed by atoms with E-state index in [9.17, 15) is 4.39 Å². The number of rotatable bonds is 3. The zero-order valence-electron chi connectivity index (χ0n) is 9.88. The van der Waals surface area contributed by atoms with Crippen molar-refractivity contribution >= 4 is 11.6 Å². The molecule has 0 spiro atoms. The SMILES string of the molecule is CNC(c1cc(F)ccc1Cl)C1CCCOC1. The lowest BCUT2D eigenvalue weighted by molar-refractivity contribution is 0.0402. The largest absolute Gasteiger partial charge is 0.381 e. The van der Waals surface area contributed by atoms with Gasteiger partial charge in [-0.1, -0.05) is 11.6 Å². The molecule has 0 saturated carbocycles. The smallest absolute Gasteiger partial charge is 0.123 e. The van der Waals surface area contributed by atoms with Crippen LogP contribution in [0.4, 0.5) is 4.39 Å². The number of ether oxygens (including phenoxy) is 1. The highest BCUT2D eigenvalue weighted by atomic mass is 35.5. The zero-order chi connectivity index (χ0) is 12.3. The molecule has 1 saturated heterocycles. The number of hydrogen-bond donors (Lipinski definition) is 1. The summed E-state index contributed by atoms with van der Waals surface area (Å²) in [5.74, 6) is 0.106. The zero-order valence-corrected chi connectivity index (χ0v) is 10.6. The molecule has 4 heteroatoms. The van der Waals surface area contributed by atoms with Gasteiger partial charge in [0.1, 0.15) is 5.82 Å². The van der Waals surface area contributed by atoms with Crippen molar-refractivity contribution in [1.29, 1.82) is 0 Å². The van der Waals surface area contributed by atoms with E-state index in [-0.39, 0.29) is 11.9 Å². The minimum Gasteiger partial charge on any atom is -0.381 e. The van der Waals surface area contributed by atoms with Crippen LogP contribution in [0.5, 0.6) is 0 Å². The van der Waals surface area contributed by atoms with Gasteiger partial charge in [0.15, 0.2) is 0 Å². The Hall–Kier alpha value is -0.640. The van der Waals surface area contributed by atoms with Crippen LogP contribution in [0.15, 0.2) is 18.2 Å². The second-order valence-corrected chi connectivity index (χ2v) is 4.82. The fraction of sp³-hybridized carbons (Fsp3) is 0.538. The van der Waals surface area contributed by atoms with E-state index in [1.807, 2.05) is 7.05 Å². The average Bonchev–Trinajstić information content (AvgIpc) is 2.36. The molecular weight excluding hydrogens is 241 g/mol. The highest BCUT2D eigenvalue weighted by Crippen LogP contribution is 2.32. The van der Waals surface area contributed by atoms with Crippen LogP contribution in [-0.4, -0.2) is 20.3 Å². The van der Waals surface area contributed by atoms with Gasteiger partial charge in [-0.05, 0) is 43.7 Å². The van der Waals surface area contributed by atoms with Crippen LogP contribution in [0.3, 0.4) is 0 Å². The van der Waals surface area contributed by atoms with Crippen molar-refractivity contribution in [3.05, 3.63) is 34.6 Å². The second-order valence-electron chi connectivity index (χ2n) is 4.41. The molecule has 0 bridgehead atoms. The van der Waals surface area contributed by atoms with E-state index in [4.69, 9.17) is 16.3 Å². The second kappa shape index (κ2) is 5.80. The third-order valence-corrected chi connectivity index (χ3v) is 3.62. The van der Waals surface area contributed by atoms with E-state index in [1.54, 1.807) is 6.07 Å². The normalized spacial score (nSPS) is 22.4. The molecule has 1 aliphatic heterocycles. The van der Waals surface area contributed by atoms with Gasteiger partial charge in [0.2, 0.25) is 0 Å². The Morgan fingerprint density at radius 2 is 2.35 bits per heavy atom. The fourth-order valence-electron chi connectivity index (χ4n) is 2.43. The lowest BCUT2D eigenvalue weighted by Crippen LogP contribution is -2.31. The summed E-state index contributed by atoms with van der Waals surface area (Å²) in [5.41, 5.74) is 0.824. The molecule has 0 amide bonds. The lowest BCUT2D eigenvalue weighted by Gasteiger charge is -2.30. The molecule has 17 heavy (non-hydrogen) atoms. The summed E-state index contributed by atoms with van der Waals surface area (Å²) < 4.78 is 18.8. The van der Waals surface area contributed by atoms with Crippen molar-refractivity contribution in [2.45, 2.75) is 18.9 Å². The Bertz CT molecular complexity index is 380. The van der Waals surface area contributed by atoms with E-state index in [1.165, 1.54) is 12.1 Å². The minimum atomic E-state index is -0.249. The van der Waals surface area contributed by atoms with Gasteiger partial charge in [-0.2, -0.15) is 0 Å². The monoisotopic (exact) mass is 257 g/mol. The molecule has 94 valence electrons. The van der Waals surface area contributed by atoms with Crippen LogP contribution in [-0.2, 0) is 4.74 Å². The van der Waals surface area contributed by atoms with Gasteiger partial charge < -0.3 is 10.1 Å². The van der Waals surface area contributed by atoms with Gasteiger partial charge in [-0.25, -0.2) is 4.39 Å². The molecule has 1 aromatic carbocycles.